The molecule has 0 spiro atoms. The fourth-order valence-corrected chi connectivity index (χ4v) is 2.53. The number of nitrogens with one attached hydrogen (secondary N) is 1. The van der Waals surface area contributed by atoms with Crippen molar-refractivity contribution in [2.45, 2.75) is 46.1 Å². The lowest BCUT2D eigenvalue weighted by atomic mass is 10.1. The highest BCUT2D eigenvalue weighted by molar-refractivity contribution is 6.29. The molecule has 1 N–H and O–H groups in total. The number of rotatable bonds is 6. The van der Waals surface area contributed by atoms with Gasteiger partial charge in [0.25, 0.3) is 0 Å². The number of allylic oxidation sites excluding steroid dienone is 2. The number of likely N-dealkylation sites (tertiary alicyclic amines) is 1. The molecule has 1 atom stereocenters. The molecular weight excluding hydrogens is 295 g/mol. The van der Waals surface area contributed by atoms with Crippen molar-refractivity contribution in [1.82, 2.24) is 10.2 Å². The Bertz CT molecular complexity index is 470. The van der Waals surface area contributed by atoms with Crippen LogP contribution in [0.5, 0.6) is 0 Å². The van der Waals surface area contributed by atoms with Crippen molar-refractivity contribution in [2.75, 3.05) is 13.1 Å². The van der Waals surface area contributed by atoms with Crippen molar-refractivity contribution in [3.63, 3.8) is 0 Å². The summed E-state index contributed by atoms with van der Waals surface area (Å²) in [6, 6.07) is -0.461. The molecule has 0 aromatic carbocycles. The van der Waals surface area contributed by atoms with Gasteiger partial charge in [-0.3, -0.25) is 9.59 Å². The van der Waals surface area contributed by atoms with Crippen LogP contribution in [0.2, 0.25) is 0 Å². The van der Waals surface area contributed by atoms with E-state index in [2.05, 4.69) is 5.32 Å². The van der Waals surface area contributed by atoms with E-state index < -0.39 is 11.9 Å². The summed E-state index contributed by atoms with van der Waals surface area (Å²) in [5.41, 5.74) is 0.277. The van der Waals surface area contributed by atoms with Crippen LogP contribution in [-0.2, 0) is 9.59 Å². The molecule has 0 bridgehead atoms. The van der Waals surface area contributed by atoms with E-state index >= 15 is 0 Å². The van der Waals surface area contributed by atoms with Gasteiger partial charge in [-0.15, -0.1) is 0 Å². The second-order valence-electron chi connectivity index (χ2n) is 4.92. The minimum atomic E-state index is -0.461. The normalized spacial score (nSPS) is 20.6. The summed E-state index contributed by atoms with van der Waals surface area (Å²) in [6.45, 7) is 5.77. The third-order valence-electron chi connectivity index (χ3n) is 3.50. The first-order valence-corrected chi connectivity index (χ1v) is 7.58. The number of carbonyl (C=O) groups is 2. The average molecular weight is 317 g/mol. The lowest BCUT2D eigenvalue weighted by Crippen LogP contribution is -2.45. The monoisotopic (exact) mass is 316 g/mol. The summed E-state index contributed by atoms with van der Waals surface area (Å²) in [5.74, 6) is -0.693. The van der Waals surface area contributed by atoms with Gasteiger partial charge in [0.05, 0.1) is 0 Å². The highest BCUT2D eigenvalue weighted by Gasteiger charge is 2.34. The van der Waals surface area contributed by atoms with E-state index in [1.54, 1.807) is 11.8 Å². The Labute approximate surface area is 130 Å². The molecule has 1 aliphatic heterocycles. The maximum Gasteiger partial charge on any atom is 0.243 e. The second-order valence-corrected chi connectivity index (χ2v) is 5.49. The average Bonchev–Trinajstić information content (AvgIpc) is 2.79. The number of halogens is 2. The number of nitrogens with zero attached hydrogens (tertiary/aromatic N) is 1. The molecule has 118 valence electrons. The Morgan fingerprint density at radius 2 is 2.19 bits per heavy atom. The molecule has 2 amide bonds. The minimum absolute atomic E-state index is 0.0148. The summed E-state index contributed by atoms with van der Waals surface area (Å²) >= 11 is 5.88. The van der Waals surface area contributed by atoms with E-state index in [4.69, 9.17) is 11.6 Å². The Morgan fingerprint density at radius 3 is 2.71 bits per heavy atom. The molecule has 0 saturated carbocycles. The molecule has 0 radical (unpaired) electrons. The van der Waals surface area contributed by atoms with Crippen LogP contribution >= 0.6 is 11.6 Å². The van der Waals surface area contributed by atoms with Crippen LogP contribution in [0.25, 0.3) is 0 Å². The molecule has 6 heteroatoms. The number of amides is 2. The summed E-state index contributed by atoms with van der Waals surface area (Å²) < 4.78 is 13.9. The van der Waals surface area contributed by atoms with Crippen LogP contribution in [0.15, 0.2) is 22.5 Å². The van der Waals surface area contributed by atoms with Gasteiger partial charge < -0.3 is 10.2 Å². The van der Waals surface area contributed by atoms with Crippen LogP contribution in [-0.4, -0.2) is 35.8 Å². The first kappa shape index (κ1) is 17.7. The molecule has 1 rings (SSSR count). The zero-order valence-electron chi connectivity index (χ0n) is 12.7. The summed E-state index contributed by atoms with van der Waals surface area (Å²) in [5, 5.41) is 2.99. The molecule has 0 aromatic rings. The SMILES string of the molecule is CC/C=C(F)\C(CNC(=O)C1CCC(=O)N1CC)=C(/C)Cl. The van der Waals surface area contributed by atoms with E-state index in [0.717, 1.165) is 0 Å². The lowest BCUT2D eigenvalue weighted by Gasteiger charge is -2.22. The number of likely N-dealkylation sites (N-methyl/N-ethyl adjacent to an activating group) is 1. The Hall–Kier alpha value is -1.36. The standard InChI is InChI=1S/C15H22ClFN2O2/c1-4-6-12(17)11(10(3)16)9-18-15(21)13-7-8-14(20)19(13)5-2/h6,13H,4-5,7-9H2,1-3H3,(H,18,21)/b11-10+,12-6+. The summed E-state index contributed by atoms with van der Waals surface area (Å²) in [7, 11) is 0. The molecule has 1 heterocycles. The van der Waals surface area contributed by atoms with Crippen molar-refractivity contribution < 1.29 is 14.0 Å². The second kappa shape index (κ2) is 8.17. The third kappa shape index (κ3) is 4.56. The van der Waals surface area contributed by atoms with E-state index in [-0.39, 0.29) is 23.9 Å². The molecule has 1 unspecified atom stereocenters. The van der Waals surface area contributed by atoms with Crippen LogP contribution in [0, 0.1) is 0 Å². The Balaban J connectivity index is 2.69. The summed E-state index contributed by atoms with van der Waals surface area (Å²) in [4.78, 5) is 25.3. The molecule has 0 aliphatic carbocycles. The lowest BCUT2D eigenvalue weighted by molar-refractivity contribution is -0.134. The minimum Gasteiger partial charge on any atom is -0.350 e. The topological polar surface area (TPSA) is 49.4 Å². The van der Waals surface area contributed by atoms with E-state index in [0.29, 0.717) is 30.8 Å². The van der Waals surface area contributed by atoms with Crippen LogP contribution < -0.4 is 5.32 Å². The fraction of sp³-hybridized carbons (Fsp3) is 0.600. The molecule has 1 fully saturated rings. The van der Waals surface area contributed by atoms with Crippen LogP contribution in [0.3, 0.4) is 0 Å². The van der Waals surface area contributed by atoms with Gasteiger partial charge in [-0.25, -0.2) is 4.39 Å². The smallest absolute Gasteiger partial charge is 0.243 e. The predicted molar refractivity (Wildman–Crippen MR) is 81.5 cm³/mol. The number of hydrogen-bond donors (Lipinski definition) is 1. The van der Waals surface area contributed by atoms with Gasteiger partial charge in [-0.05, 0) is 32.8 Å². The van der Waals surface area contributed by atoms with Gasteiger partial charge in [0, 0.05) is 30.1 Å². The van der Waals surface area contributed by atoms with Gasteiger partial charge in [0.15, 0.2) is 0 Å². The van der Waals surface area contributed by atoms with Gasteiger partial charge in [0.1, 0.15) is 11.9 Å². The largest absolute Gasteiger partial charge is 0.350 e. The fourth-order valence-electron chi connectivity index (χ4n) is 2.37. The van der Waals surface area contributed by atoms with Crippen molar-refractivity contribution in [3.05, 3.63) is 22.5 Å². The maximum atomic E-state index is 13.9. The van der Waals surface area contributed by atoms with Crippen LogP contribution in [0.4, 0.5) is 4.39 Å². The Morgan fingerprint density at radius 1 is 1.52 bits per heavy atom. The molecule has 21 heavy (non-hydrogen) atoms. The molecule has 0 aromatic heterocycles. The van der Waals surface area contributed by atoms with Crippen LogP contribution in [0.1, 0.15) is 40.0 Å². The van der Waals surface area contributed by atoms with E-state index in [1.165, 1.54) is 6.08 Å². The van der Waals surface area contributed by atoms with E-state index in [9.17, 15) is 14.0 Å². The van der Waals surface area contributed by atoms with Gasteiger partial charge >= 0.3 is 0 Å². The maximum absolute atomic E-state index is 13.9. The van der Waals surface area contributed by atoms with Gasteiger partial charge in [-0.1, -0.05) is 18.5 Å². The molecule has 4 nitrogen and oxygen atoms in total. The molecule has 1 aliphatic rings. The number of carbonyl (C=O) groups excluding carboxylic acids is 2. The van der Waals surface area contributed by atoms with E-state index in [1.807, 2.05) is 13.8 Å². The number of hydrogen-bond acceptors (Lipinski definition) is 2. The van der Waals surface area contributed by atoms with Gasteiger partial charge in [-0.2, -0.15) is 0 Å². The predicted octanol–water partition coefficient (Wildman–Crippen LogP) is 2.89. The first-order chi connectivity index (χ1) is 9.92. The van der Waals surface area contributed by atoms with Crippen molar-refractivity contribution in [1.29, 1.82) is 0 Å². The molecular formula is C15H22ClFN2O2. The van der Waals surface area contributed by atoms with Crippen molar-refractivity contribution in [3.8, 4) is 0 Å². The first-order valence-electron chi connectivity index (χ1n) is 7.20. The quantitative estimate of drug-likeness (QED) is 0.766. The van der Waals surface area contributed by atoms with Gasteiger partial charge in [0.2, 0.25) is 11.8 Å². The zero-order valence-corrected chi connectivity index (χ0v) is 13.5. The zero-order chi connectivity index (χ0) is 16.0. The third-order valence-corrected chi connectivity index (χ3v) is 3.73. The summed E-state index contributed by atoms with van der Waals surface area (Å²) in [6.07, 6.45) is 2.86. The highest BCUT2D eigenvalue weighted by atomic mass is 35.5. The molecule has 1 saturated heterocycles. The Kier molecular flexibility index (Phi) is 6.89. The van der Waals surface area contributed by atoms with Crippen molar-refractivity contribution in [2.24, 2.45) is 0 Å². The van der Waals surface area contributed by atoms with Crippen molar-refractivity contribution >= 4 is 23.4 Å². The highest BCUT2D eigenvalue weighted by Crippen LogP contribution is 2.21.